The van der Waals surface area contributed by atoms with Gasteiger partial charge < -0.3 is 15.5 Å². The number of anilines is 2. The molecule has 7 heteroatoms. The summed E-state index contributed by atoms with van der Waals surface area (Å²) in [6, 6.07) is 8.91. The Balaban J connectivity index is 1.84. The monoisotopic (exact) mass is 298 g/mol. The highest BCUT2D eigenvalue weighted by molar-refractivity contribution is 6.07. The van der Waals surface area contributed by atoms with Gasteiger partial charge in [0.25, 0.3) is 5.91 Å². The van der Waals surface area contributed by atoms with Crippen LogP contribution in [0.4, 0.5) is 15.9 Å². The van der Waals surface area contributed by atoms with Crippen LogP contribution in [0.15, 0.2) is 53.3 Å². The van der Waals surface area contributed by atoms with E-state index < -0.39 is 11.7 Å². The van der Waals surface area contributed by atoms with Crippen LogP contribution in [0.2, 0.25) is 0 Å². The first-order valence-electron chi connectivity index (χ1n) is 6.37. The van der Waals surface area contributed by atoms with Crippen molar-refractivity contribution in [2.24, 2.45) is 0 Å². The number of hydrogen-bond donors (Lipinski definition) is 2. The molecule has 0 aliphatic heterocycles. The summed E-state index contributed by atoms with van der Waals surface area (Å²) in [6.07, 6.45) is 2.79. The van der Waals surface area contributed by atoms with Crippen LogP contribution < -0.4 is 11.1 Å². The molecule has 2 aromatic heterocycles. The fraction of sp³-hybridized carbons (Fsp3) is 0. The highest BCUT2D eigenvalue weighted by atomic mass is 19.1. The van der Waals surface area contributed by atoms with Gasteiger partial charge >= 0.3 is 0 Å². The summed E-state index contributed by atoms with van der Waals surface area (Å²) >= 11 is 0. The predicted molar refractivity (Wildman–Crippen MR) is 78.5 cm³/mol. The number of hydrogen-bond acceptors (Lipinski definition) is 5. The normalized spacial score (nSPS) is 10.4. The van der Waals surface area contributed by atoms with E-state index in [1.807, 2.05) is 0 Å². The Morgan fingerprint density at radius 1 is 1.27 bits per heavy atom. The van der Waals surface area contributed by atoms with Crippen molar-refractivity contribution in [1.82, 2.24) is 9.97 Å². The number of nitrogens with two attached hydrogens (primary N) is 1. The number of nitrogens with zero attached hydrogens (tertiary/aromatic N) is 2. The topological polar surface area (TPSA) is 94.0 Å². The summed E-state index contributed by atoms with van der Waals surface area (Å²) in [5.74, 6) is -0.229. The van der Waals surface area contributed by atoms with Crippen LogP contribution in [-0.4, -0.2) is 15.9 Å². The molecule has 0 spiro atoms. The fourth-order valence-electron chi connectivity index (χ4n) is 1.86. The minimum Gasteiger partial charge on any atom is -0.461 e. The molecule has 1 aromatic carbocycles. The summed E-state index contributed by atoms with van der Waals surface area (Å²) in [4.78, 5) is 20.2. The number of benzene rings is 1. The molecule has 110 valence electrons. The number of furan rings is 1. The van der Waals surface area contributed by atoms with Gasteiger partial charge in [-0.15, -0.1) is 0 Å². The van der Waals surface area contributed by atoms with Crippen LogP contribution in [0, 0.1) is 5.82 Å². The average molecular weight is 298 g/mol. The van der Waals surface area contributed by atoms with E-state index in [1.54, 1.807) is 18.2 Å². The molecule has 0 saturated heterocycles. The Kier molecular flexibility index (Phi) is 3.53. The summed E-state index contributed by atoms with van der Waals surface area (Å²) in [6.45, 7) is 0. The lowest BCUT2D eigenvalue weighted by molar-refractivity contribution is 0.102. The lowest BCUT2D eigenvalue weighted by Crippen LogP contribution is -2.15. The van der Waals surface area contributed by atoms with Crippen LogP contribution >= 0.6 is 0 Å². The van der Waals surface area contributed by atoms with Gasteiger partial charge in [0.1, 0.15) is 17.2 Å². The molecule has 0 aliphatic carbocycles. The Hall–Kier alpha value is -3.22. The molecule has 0 saturated carbocycles. The zero-order chi connectivity index (χ0) is 15.5. The Morgan fingerprint density at radius 3 is 2.82 bits per heavy atom. The second-order valence-corrected chi connectivity index (χ2v) is 4.43. The van der Waals surface area contributed by atoms with Crippen LogP contribution in [-0.2, 0) is 0 Å². The molecular weight excluding hydrogens is 287 g/mol. The van der Waals surface area contributed by atoms with Crippen molar-refractivity contribution in [2.45, 2.75) is 0 Å². The van der Waals surface area contributed by atoms with Gasteiger partial charge in [0, 0.05) is 11.9 Å². The van der Waals surface area contributed by atoms with Gasteiger partial charge in [0.2, 0.25) is 0 Å². The number of carbonyl (C=O) groups excluding carboxylic acids is 1. The molecule has 0 bridgehead atoms. The molecule has 3 N–H and O–H groups in total. The number of carbonyl (C=O) groups is 1. The van der Waals surface area contributed by atoms with Gasteiger partial charge in [-0.1, -0.05) is 6.07 Å². The molecular formula is C15H11FN4O2. The van der Waals surface area contributed by atoms with Crippen molar-refractivity contribution in [3.05, 3.63) is 60.2 Å². The quantitative estimate of drug-likeness (QED) is 0.775. The summed E-state index contributed by atoms with van der Waals surface area (Å²) in [7, 11) is 0. The van der Waals surface area contributed by atoms with Crippen LogP contribution in [0.3, 0.4) is 0 Å². The Bertz CT molecular complexity index is 818. The van der Waals surface area contributed by atoms with Crippen molar-refractivity contribution in [3.8, 4) is 11.6 Å². The van der Waals surface area contributed by atoms with Gasteiger partial charge in [0.05, 0.1) is 6.26 Å². The van der Waals surface area contributed by atoms with E-state index in [0.29, 0.717) is 11.4 Å². The van der Waals surface area contributed by atoms with Crippen LogP contribution in [0.5, 0.6) is 0 Å². The highest BCUT2D eigenvalue weighted by Gasteiger charge is 2.14. The Morgan fingerprint density at radius 2 is 2.14 bits per heavy atom. The van der Waals surface area contributed by atoms with E-state index in [-0.39, 0.29) is 17.2 Å². The van der Waals surface area contributed by atoms with E-state index in [4.69, 9.17) is 10.2 Å². The van der Waals surface area contributed by atoms with E-state index in [1.165, 1.54) is 30.7 Å². The number of halogens is 1. The smallest absolute Gasteiger partial charge is 0.260 e. The largest absolute Gasteiger partial charge is 0.461 e. The molecule has 0 radical (unpaired) electrons. The number of amides is 1. The second kappa shape index (κ2) is 5.65. The molecule has 22 heavy (non-hydrogen) atoms. The van der Waals surface area contributed by atoms with Crippen LogP contribution in [0.1, 0.15) is 10.4 Å². The van der Waals surface area contributed by atoms with Crippen molar-refractivity contribution >= 4 is 17.4 Å². The number of nitrogens with one attached hydrogen (secondary N) is 1. The minimum atomic E-state index is -0.519. The lowest BCUT2D eigenvalue weighted by atomic mass is 10.2. The van der Waals surface area contributed by atoms with Gasteiger partial charge in [-0.25, -0.2) is 14.4 Å². The van der Waals surface area contributed by atoms with E-state index in [0.717, 1.165) is 0 Å². The van der Waals surface area contributed by atoms with Crippen molar-refractivity contribution in [3.63, 3.8) is 0 Å². The first-order valence-corrected chi connectivity index (χ1v) is 6.37. The summed E-state index contributed by atoms with van der Waals surface area (Å²) in [5.41, 5.74) is 6.20. The second-order valence-electron chi connectivity index (χ2n) is 4.43. The minimum absolute atomic E-state index is 0.00954. The maximum absolute atomic E-state index is 13.1. The molecule has 0 unspecified atom stereocenters. The molecule has 0 fully saturated rings. The third-order valence-electron chi connectivity index (χ3n) is 2.89. The van der Waals surface area contributed by atoms with Gasteiger partial charge in [-0.3, -0.25) is 4.79 Å². The molecule has 3 aromatic rings. The zero-order valence-corrected chi connectivity index (χ0v) is 11.3. The molecule has 3 rings (SSSR count). The highest BCUT2D eigenvalue weighted by Crippen LogP contribution is 2.19. The van der Waals surface area contributed by atoms with Crippen molar-refractivity contribution in [1.29, 1.82) is 0 Å². The van der Waals surface area contributed by atoms with E-state index >= 15 is 0 Å². The fourth-order valence-corrected chi connectivity index (χ4v) is 1.86. The molecule has 0 atom stereocenters. The van der Waals surface area contributed by atoms with E-state index in [2.05, 4.69) is 15.3 Å². The molecule has 0 aliphatic rings. The predicted octanol–water partition coefficient (Wildman–Crippen LogP) is 2.71. The average Bonchev–Trinajstić information content (AvgIpc) is 3.01. The number of aromatic nitrogens is 2. The number of rotatable bonds is 3. The summed E-state index contributed by atoms with van der Waals surface area (Å²) in [5, 5.41) is 2.53. The van der Waals surface area contributed by atoms with Gasteiger partial charge in [0.15, 0.2) is 11.6 Å². The van der Waals surface area contributed by atoms with Gasteiger partial charge in [-0.2, -0.15) is 0 Å². The third kappa shape index (κ3) is 2.78. The first kappa shape index (κ1) is 13.7. The maximum atomic E-state index is 13.1. The molecule has 2 heterocycles. The van der Waals surface area contributed by atoms with Crippen molar-refractivity contribution in [2.75, 3.05) is 11.1 Å². The lowest BCUT2D eigenvalue weighted by Gasteiger charge is -2.07. The van der Waals surface area contributed by atoms with Crippen LogP contribution in [0.25, 0.3) is 11.6 Å². The van der Waals surface area contributed by atoms with Gasteiger partial charge in [-0.05, 0) is 30.3 Å². The first-order chi connectivity index (χ1) is 10.6. The molecule has 6 nitrogen and oxygen atoms in total. The number of nitrogen functional groups attached to an aromatic ring is 1. The third-order valence-corrected chi connectivity index (χ3v) is 2.89. The van der Waals surface area contributed by atoms with Crippen molar-refractivity contribution < 1.29 is 13.6 Å². The molecule has 1 amide bonds. The van der Waals surface area contributed by atoms with E-state index in [9.17, 15) is 9.18 Å². The maximum Gasteiger partial charge on any atom is 0.260 e. The zero-order valence-electron chi connectivity index (χ0n) is 11.3. The Labute approximate surface area is 124 Å². The summed E-state index contributed by atoms with van der Waals surface area (Å²) < 4.78 is 18.3. The standard InChI is InChI=1S/C15H11FN4O2/c16-9-3-1-4-10(7-9)19-15(21)11-8-18-14(20-13(11)17)12-5-2-6-22-12/h1-8H,(H,19,21)(H2,17,18,20). The SMILES string of the molecule is Nc1nc(-c2ccco2)ncc1C(=O)Nc1cccc(F)c1.